The van der Waals surface area contributed by atoms with E-state index in [2.05, 4.69) is 5.32 Å². The van der Waals surface area contributed by atoms with E-state index in [4.69, 9.17) is 29.2 Å². The average Bonchev–Trinajstić information content (AvgIpc) is 3.27. The third-order valence-electron chi connectivity index (χ3n) is 4.99. The number of hydrogen-bond donors (Lipinski definition) is 3. The Morgan fingerprint density at radius 2 is 1.91 bits per heavy atom. The molecular weight excluding hydrogens is 430 g/mol. The highest BCUT2D eigenvalue weighted by Gasteiger charge is 2.24. The molecule has 0 spiro atoms. The van der Waals surface area contributed by atoms with Crippen LogP contribution in [-0.4, -0.2) is 42.3 Å². The maximum atomic E-state index is 12.7. The van der Waals surface area contributed by atoms with Crippen molar-refractivity contribution in [1.82, 2.24) is 0 Å². The average molecular weight is 457 g/mol. The summed E-state index contributed by atoms with van der Waals surface area (Å²) < 4.78 is 21.8. The fraction of sp³-hybridized carbons (Fsp3) is 0.333. The van der Waals surface area contributed by atoms with Crippen LogP contribution in [0.2, 0.25) is 0 Å². The van der Waals surface area contributed by atoms with Gasteiger partial charge in [0, 0.05) is 17.8 Å². The molecule has 33 heavy (non-hydrogen) atoms. The van der Waals surface area contributed by atoms with Crippen molar-refractivity contribution >= 4 is 17.7 Å². The lowest BCUT2D eigenvalue weighted by atomic mass is 9.93. The van der Waals surface area contributed by atoms with Gasteiger partial charge in [0.1, 0.15) is 18.5 Å². The maximum Gasteiger partial charge on any atom is 0.412 e. The van der Waals surface area contributed by atoms with Crippen LogP contribution >= 0.6 is 0 Å². The second-order valence-corrected chi connectivity index (χ2v) is 7.46. The minimum atomic E-state index is -1.00. The highest BCUT2D eigenvalue weighted by atomic mass is 16.7. The summed E-state index contributed by atoms with van der Waals surface area (Å²) in [5.41, 5.74) is 1.27. The minimum Gasteiger partial charge on any atom is -0.491 e. The number of fused-ring (bicyclic) bond motifs is 1. The monoisotopic (exact) mass is 457 g/mol. The quantitative estimate of drug-likeness (QED) is 0.430. The molecule has 0 saturated heterocycles. The standard InChI is InChI=1S/C24H27NO8/c1-16(4-2-3-5-22(27)28)23(17-6-9-19(10-7-17)30-13-12-26)33-24(29)25-18-8-11-20-21(14-18)32-15-31-20/h3,5-11,14,16,23,26H,2,4,12-13,15H2,1H3,(H,25,29)(H,27,28)/b5-3+/t16-,23+/m0/s1. The van der Waals surface area contributed by atoms with Gasteiger partial charge < -0.3 is 29.2 Å². The number of aliphatic hydroxyl groups excluding tert-OH is 1. The van der Waals surface area contributed by atoms with Crippen LogP contribution in [-0.2, 0) is 9.53 Å². The first kappa shape index (κ1) is 23.9. The van der Waals surface area contributed by atoms with Crippen molar-refractivity contribution in [2.45, 2.75) is 25.9 Å². The number of hydrogen-bond acceptors (Lipinski definition) is 7. The number of aliphatic carboxylic acids is 1. The third kappa shape index (κ3) is 7.15. The highest BCUT2D eigenvalue weighted by molar-refractivity contribution is 5.85. The normalized spacial score (nSPS) is 14.0. The minimum absolute atomic E-state index is 0.0889. The highest BCUT2D eigenvalue weighted by Crippen LogP contribution is 2.35. The van der Waals surface area contributed by atoms with Gasteiger partial charge in [-0.2, -0.15) is 0 Å². The number of ether oxygens (including phenoxy) is 4. The maximum absolute atomic E-state index is 12.7. The van der Waals surface area contributed by atoms with Gasteiger partial charge >= 0.3 is 12.1 Å². The van der Waals surface area contributed by atoms with Crippen molar-refractivity contribution in [2.24, 2.45) is 5.92 Å². The van der Waals surface area contributed by atoms with Gasteiger partial charge in [-0.25, -0.2) is 9.59 Å². The molecule has 2 atom stereocenters. The van der Waals surface area contributed by atoms with Crippen LogP contribution < -0.4 is 19.5 Å². The fourth-order valence-corrected chi connectivity index (χ4v) is 3.36. The third-order valence-corrected chi connectivity index (χ3v) is 4.99. The number of allylic oxidation sites excluding steroid dienone is 1. The van der Waals surface area contributed by atoms with Gasteiger partial charge in [0.05, 0.1) is 6.61 Å². The lowest BCUT2D eigenvalue weighted by molar-refractivity contribution is -0.131. The molecule has 0 saturated carbocycles. The summed E-state index contributed by atoms with van der Waals surface area (Å²) in [4.78, 5) is 23.4. The van der Waals surface area contributed by atoms with E-state index in [1.807, 2.05) is 6.92 Å². The Bertz CT molecular complexity index is 973. The summed E-state index contributed by atoms with van der Waals surface area (Å²) in [5, 5.41) is 20.4. The molecule has 176 valence electrons. The zero-order valence-electron chi connectivity index (χ0n) is 18.2. The summed E-state index contributed by atoms with van der Waals surface area (Å²) in [5.74, 6) is 0.639. The molecule has 0 radical (unpaired) electrons. The van der Waals surface area contributed by atoms with Gasteiger partial charge in [-0.1, -0.05) is 25.1 Å². The van der Waals surface area contributed by atoms with Gasteiger partial charge in [0.15, 0.2) is 11.5 Å². The number of carboxylic acid groups (broad SMARTS) is 1. The van der Waals surface area contributed by atoms with Crippen molar-refractivity contribution in [1.29, 1.82) is 0 Å². The van der Waals surface area contributed by atoms with Crippen LogP contribution in [0, 0.1) is 5.92 Å². The molecule has 9 heteroatoms. The second kappa shape index (κ2) is 11.8. The van der Waals surface area contributed by atoms with Gasteiger partial charge in [-0.05, 0) is 48.6 Å². The Kier molecular flexibility index (Phi) is 8.54. The topological polar surface area (TPSA) is 124 Å². The first-order valence-corrected chi connectivity index (χ1v) is 10.6. The molecule has 0 unspecified atom stereocenters. The van der Waals surface area contributed by atoms with Crippen molar-refractivity contribution in [3.05, 3.63) is 60.2 Å². The van der Waals surface area contributed by atoms with Gasteiger partial charge in [-0.15, -0.1) is 0 Å². The predicted molar refractivity (Wildman–Crippen MR) is 120 cm³/mol. The predicted octanol–water partition coefficient (Wildman–Crippen LogP) is 4.13. The zero-order chi connectivity index (χ0) is 23.6. The molecule has 1 aliphatic rings. The number of rotatable bonds is 11. The van der Waals surface area contributed by atoms with Gasteiger partial charge in [-0.3, -0.25) is 5.32 Å². The summed E-state index contributed by atoms with van der Waals surface area (Å²) in [6, 6.07) is 12.1. The SMILES string of the molecule is C[C@@H](CC/C=C/C(=O)O)[C@@H](OC(=O)Nc1ccc2c(c1)OCO2)c1ccc(OCCO)cc1. The van der Waals surface area contributed by atoms with Gasteiger partial charge in [0.25, 0.3) is 0 Å². The van der Waals surface area contributed by atoms with Crippen LogP contribution in [0.3, 0.4) is 0 Å². The number of nitrogens with one attached hydrogen (secondary N) is 1. The van der Waals surface area contributed by atoms with Crippen molar-refractivity contribution in [3.8, 4) is 17.2 Å². The number of anilines is 1. The number of carboxylic acids is 1. The first-order chi connectivity index (χ1) is 16.0. The molecule has 2 aromatic rings. The van der Waals surface area contributed by atoms with E-state index in [-0.39, 0.29) is 25.9 Å². The van der Waals surface area contributed by atoms with Crippen LogP contribution in [0.5, 0.6) is 17.2 Å². The molecule has 3 N–H and O–H groups in total. The molecule has 9 nitrogen and oxygen atoms in total. The number of aliphatic hydroxyl groups is 1. The fourth-order valence-electron chi connectivity index (χ4n) is 3.36. The Balaban J connectivity index is 1.69. The Hall–Kier alpha value is -3.72. The van der Waals surface area contributed by atoms with Crippen LogP contribution in [0.4, 0.5) is 10.5 Å². The zero-order valence-corrected chi connectivity index (χ0v) is 18.2. The molecule has 2 aromatic carbocycles. The van der Waals surface area contributed by atoms with E-state index >= 15 is 0 Å². The van der Waals surface area contributed by atoms with E-state index in [9.17, 15) is 9.59 Å². The molecule has 0 fully saturated rings. The van der Waals surface area contributed by atoms with E-state index in [0.717, 1.165) is 11.6 Å². The lowest BCUT2D eigenvalue weighted by Crippen LogP contribution is -2.22. The van der Waals surface area contributed by atoms with Crippen LogP contribution in [0.25, 0.3) is 0 Å². The molecule has 0 aromatic heterocycles. The molecular formula is C24H27NO8. The van der Waals surface area contributed by atoms with Crippen molar-refractivity contribution in [2.75, 3.05) is 25.3 Å². The molecule has 1 amide bonds. The smallest absolute Gasteiger partial charge is 0.412 e. The van der Waals surface area contributed by atoms with Crippen molar-refractivity contribution in [3.63, 3.8) is 0 Å². The summed E-state index contributed by atoms with van der Waals surface area (Å²) >= 11 is 0. The van der Waals surface area contributed by atoms with E-state index in [1.54, 1.807) is 48.5 Å². The van der Waals surface area contributed by atoms with Crippen molar-refractivity contribution < 1.29 is 38.7 Å². The Morgan fingerprint density at radius 1 is 1.15 bits per heavy atom. The summed E-state index contributed by atoms with van der Waals surface area (Å²) in [6.07, 6.45) is 2.59. The van der Waals surface area contributed by atoms with E-state index in [0.29, 0.717) is 35.8 Å². The van der Waals surface area contributed by atoms with E-state index in [1.165, 1.54) is 0 Å². The Labute approximate surface area is 191 Å². The van der Waals surface area contributed by atoms with Gasteiger partial charge in [0.2, 0.25) is 6.79 Å². The van der Waals surface area contributed by atoms with Crippen LogP contribution in [0.1, 0.15) is 31.4 Å². The molecule has 1 heterocycles. The molecule has 1 aliphatic heterocycles. The first-order valence-electron chi connectivity index (χ1n) is 10.6. The summed E-state index contributed by atoms with van der Waals surface area (Å²) in [7, 11) is 0. The lowest BCUT2D eigenvalue weighted by Gasteiger charge is -2.25. The Morgan fingerprint density at radius 3 is 2.64 bits per heavy atom. The molecule has 3 rings (SSSR count). The summed E-state index contributed by atoms with van der Waals surface area (Å²) in [6.45, 7) is 2.17. The number of benzene rings is 2. The molecule has 0 aliphatic carbocycles. The largest absolute Gasteiger partial charge is 0.491 e. The van der Waals surface area contributed by atoms with Crippen LogP contribution in [0.15, 0.2) is 54.6 Å². The number of carbonyl (C=O) groups is 2. The second-order valence-electron chi connectivity index (χ2n) is 7.46. The number of amides is 1. The molecule has 0 bridgehead atoms. The van der Waals surface area contributed by atoms with E-state index < -0.39 is 18.2 Å². The number of carbonyl (C=O) groups excluding carboxylic acids is 1.